The van der Waals surface area contributed by atoms with Crippen molar-refractivity contribution in [2.45, 2.75) is 57.0 Å². The van der Waals surface area contributed by atoms with Crippen molar-refractivity contribution < 1.29 is 9.47 Å². The lowest BCUT2D eigenvalue weighted by atomic mass is 9.83. The summed E-state index contributed by atoms with van der Waals surface area (Å²) in [5.74, 6) is 2.36. The first-order chi connectivity index (χ1) is 19.0. The number of fused-ring (bicyclic) bond motifs is 2. The van der Waals surface area contributed by atoms with E-state index in [2.05, 4.69) is 33.0 Å². The van der Waals surface area contributed by atoms with Crippen LogP contribution in [0.1, 0.15) is 56.2 Å². The van der Waals surface area contributed by atoms with Gasteiger partial charge in [-0.25, -0.2) is 4.98 Å². The van der Waals surface area contributed by atoms with E-state index in [0.29, 0.717) is 28.7 Å². The van der Waals surface area contributed by atoms with Crippen molar-refractivity contribution >= 4 is 22.4 Å². The summed E-state index contributed by atoms with van der Waals surface area (Å²) in [6.07, 6.45) is 7.62. The average Bonchev–Trinajstić information content (AvgIpc) is 3.43. The van der Waals surface area contributed by atoms with Crippen molar-refractivity contribution in [3.63, 3.8) is 0 Å². The fourth-order valence-electron chi connectivity index (χ4n) is 6.38. The second kappa shape index (κ2) is 10.1. The molecule has 0 atom stereocenters. The van der Waals surface area contributed by atoms with E-state index in [9.17, 15) is 15.3 Å². The van der Waals surface area contributed by atoms with Gasteiger partial charge in [0.25, 0.3) is 5.56 Å². The number of aromatic nitrogens is 2. The number of pyridine rings is 2. The van der Waals surface area contributed by atoms with Crippen LogP contribution in [0.3, 0.4) is 0 Å². The zero-order valence-corrected chi connectivity index (χ0v) is 22.4. The van der Waals surface area contributed by atoms with Gasteiger partial charge in [0.1, 0.15) is 28.9 Å². The first-order valence-corrected chi connectivity index (χ1v) is 13.7. The lowest BCUT2D eigenvalue weighted by molar-refractivity contribution is 0.173. The summed E-state index contributed by atoms with van der Waals surface area (Å²) in [7, 11) is 3.59. The number of benzene rings is 1. The van der Waals surface area contributed by atoms with Crippen molar-refractivity contribution in [2.75, 3.05) is 30.2 Å². The summed E-state index contributed by atoms with van der Waals surface area (Å²) in [5.41, 5.74) is 2.75. The van der Waals surface area contributed by atoms with Crippen LogP contribution in [0.2, 0.25) is 0 Å². The molecule has 2 fully saturated rings. The topological polar surface area (TPSA) is 107 Å². The summed E-state index contributed by atoms with van der Waals surface area (Å²) in [6.45, 7) is 1.28. The standard InChI is InChI=1S/C30H32N6O3/c1-34(28-23(16-32)30(37)35(2)24-14-9-20(15-31)33-27(24)28)21-10-12-22(13-11-21)36(17-19-5-3-6-19)25-7-4-8-26-29(25)39-18-38-26/h4,7-9,14,19,21-22H,3,5-6,10-13,17-18H2,1-2H3. The summed E-state index contributed by atoms with van der Waals surface area (Å²) in [6, 6.07) is 14.2. The molecule has 6 rings (SSSR count). The molecular weight excluding hydrogens is 492 g/mol. The van der Waals surface area contributed by atoms with Gasteiger partial charge < -0.3 is 23.8 Å². The van der Waals surface area contributed by atoms with Crippen LogP contribution >= 0.6 is 0 Å². The van der Waals surface area contributed by atoms with Gasteiger partial charge in [0.05, 0.1) is 16.9 Å². The molecule has 9 heteroatoms. The van der Waals surface area contributed by atoms with Gasteiger partial charge in [0.15, 0.2) is 11.5 Å². The summed E-state index contributed by atoms with van der Waals surface area (Å²) < 4.78 is 13.0. The van der Waals surface area contributed by atoms with Crippen LogP contribution in [-0.4, -0.2) is 42.0 Å². The first-order valence-electron chi connectivity index (χ1n) is 13.7. The maximum atomic E-state index is 13.1. The fourth-order valence-corrected chi connectivity index (χ4v) is 6.38. The highest BCUT2D eigenvalue weighted by molar-refractivity contribution is 5.92. The molecule has 200 valence electrons. The van der Waals surface area contributed by atoms with E-state index in [0.717, 1.165) is 49.4 Å². The van der Waals surface area contributed by atoms with E-state index in [1.807, 2.05) is 19.2 Å². The van der Waals surface area contributed by atoms with E-state index < -0.39 is 0 Å². The highest BCUT2D eigenvalue weighted by Crippen LogP contribution is 2.44. The van der Waals surface area contributed by atoms with E-state index in [4.69, 9.17) is 9.47 Å². The fraction of sp³-hybridized carbons (Fsp3) is 0.467. The highest BCUT2D eigenvalue weighted by Gasteiger charge is 2.34. The zero-order valence-electron chi connectivity index (χ0n) is 22.4. The summed E-state index contributed by atoms with van der Waals surface area (Å²) in [4.78, 5) is 22.2. The van der Waals surface area contributed by atoms with Crippen LogP contribution in [0, 0.1) is 28.6 Å². The molecule has 0 bridgehead atoms. The lowest BCUT2D eigenvalue weighted by Crippen LogP contribution is -2.46. The number of rotatable bonds is 6. The van der Waals surface area contributed by atoms with Crippen LogP contribution in [0.5, 0.6) is 11.5 Å². The van der Waals surface area contributed by atoms with Crippen LogP contribution in [0.25, 0.3) is 11.0 Å². The normalized spacial score (nSPS) is 20.2. The summed E-state index contributed by atoms with van der Waals surface area (Å²) >= 11 is 0. The molecule has 0 saturated heterocycles. The van der Waals surface area contributed by atoms with Gasteiger partial charge in [-0.1, -0.05) is 12.5 Å². The van der Waals surface area contributed by atoms with Crippen molar-refractivity contribution in [3.8, 4) is 23.6 Å². The Morgan fingerprint density at radius 2 is 1.79 bits per heavy atom. The smallest absolute Gasteiger partial charge is 0.270 e. The van der Waals surface area contributed by atoms with E-state index in [1.54, 1.807) is 19.2 Å². The Morgan fingerprint density at radius 3 is 2.49 bits per heavy atom. The molecule has 2 aliphatic carbocycles. The Kier molecular flexibility index (Phi) is 6.52. The zero-order chi connectivity index (χ0) is 27.1. The van der Waals surface area contributed by atoms with Crippen molar-refractivity contribution in [1.82, 2.24) is 9.55 Å². The van der Waals surface area contributed by atoms with Gasteiger partial charge in [0.2, 0.25) is 6.79 Å². The van der Waals surface area contributed by atoms with Gasteiger partial charge in [-0.15, -0.1) is 0 Å². The third kappa shape index (κ3) is 4.32. The Balaban J connectivity index is 1.29. The molecule has 3 aliphatic rings. The van der Waals surface area contributed by atoms with E-state index >= 15 is 0 Å². The summed E-state index contributed by atoms with van der Waals surface area (Å²) in [5, 5.41) is 19.4. The lowest BCUT2D eigenvalue weighted by Gasteiger charge is -2.44. The van der Waals surface area contributed by atoms with E-state index in [-0.39, 0.29) is 29.7 Å². The van der Waals surface area contributed by atoms with Gasteiger partial charge in [-0.05, 0) is 68.7 Å². The molecule has 0 N–H and O–H groups in total. The predicted octanol–water partition coefficient (Wildman–Crippen LogP) is 4.46. The Labute approximate surface area is 227 Å². The van der Waals surface area contributed by atoms with Gasteiger partial charge in [-0.2, -0.15) is 10.5 Å². The molecule has 2 saturated carbocycles. The molecular formula is C30H32N6O3. The first kappa shape index (κ1) is 25.1. The molecule has 0 amide bonds. The SMILES string of the molecule is CN(c1c(C#N)c(=O)n(C)c2ccc(C#N)nc12)C1CCC(N(CC2CCC2)c2cccc3c2OCO3)CC1. The minimum atomic E-state index is -0.348. The molecule has 0 spiro atoms. The molecule has 2 aromatic heterocycles. The second-order valence-electron chi connectivity index (χ2n) is 10.9. The van der Waals surface area contributed by atoms with Gasteiger partial charge >= 0.3 is 0 Å². The highest BCUT2D eigenvalue weighted by atomic mass is 16.7. The monoisotopic (exact) mass is 524 g/mol. The molecule has 9 nitrogen and oxygen atoms in total. The predicted molar refractivity (Wildman–Crippen MR) is 148 cm³/mol. The average molecular weight is 525 g/mol. The van der Waals surface area contributed by atoms with Crippen LogP contribution in [0.15, 0.2) is 35.1 Å². The Morgan fingerprint density at radius 1 is 1.03 bits per heavy atom. The Bertz CT molecular complexity index is 1560. The quantitative estimate of drug-likeness (QED) is 0.465. The number of nitriles is 2. The van der Waals surface area contributed by atoms with Crippen LogP contribution in [0.4, 0.5) is 11.4 Å². The minimum absolute atomic E-state index is 0.0702. The maximum absolute atomic E-state index is 13.1. The molecule has 0 radical (unpaired) electrons. The van der Waals surface area contributed by atoms with Crippen molar-refractivity contribution in [2.24, 2.45) is 13.0 Å². The molecule has 1 aromatic carbocycles. The molecule has 0 unspecified atom stereocenters. The minimum Gasteiger partial charge on any atom is -0.454 e. The van der Waals surface area contributed by atoms with Crippen molar-refractivity contribution in [1.29, 1.82) is 10.5 Å². The maximum Gasteiger partial charge on any atom is 0.270 e. The molecule has 39 heavy (non-hydrogen) atoms. The third-order valence-corrected chi connectivity index (χ3v) is 8.81. The van der Waals surface area contributed by atoms with E-state index in [1.165, 1.54) is 23.8 Å². The van der Waals surface area contributed by atoms with Crippen molar-refractivity contribution in [3.05, 3.63) is 51.9 Å². The third-order valence-electron chi connectivity index (χ3n) is 8.81. The number of nitrogens with zero attached hydrogens (tertiary/aromatic N) is 6. The number of para-hydroxylation sites is 1. The number of anilines is 2. The Hall–Kier alpha value is -4.24. The second-order valence-corrected chi connectivity index (χ2v) is 10.9. The van der Waals surface area contributed by atoms with Gasteiger partial charge in [0, 0.05) is 32.7 Å². The molecule has 3 heterocycles. The molecule has 1 aliphatic heterocycles. The van der Waals surface area contributed by atoms with Crippen LogP contribution < -0.4 is 24.8 Å². The largest absolute Gasteiger partial charge is 0.454 e. The number of hydrogen-bond donors (Lipinski definition) is 0. The number of hydrogen-bond acceptors (Lipinski definition) is 8. The van der Waals surface area contributed by atoms with Crippen LogP contribution in [-0.2, 0) is 7.05 Å². The molecule has 3 aromatic rings. The number of ether oxygens (including phenoxy) is 2. The number of aryl methyl sites for hydroxylation is 1. The van der Waals surface area contributed by atoms with Gasteiger partial charge in [-0.3, -0.25) is 4.79 Å².